The van der Waals surface area contributed by atoms with Crippen LogP contribution in [0.1, 0.15) is 23.6 Å². The Hall–Kier alpha value is -2.49. The zero-order chi connectivity index (χ0) is 18.0. The van der Waals surface area contributed by atoms with E-state index in [1.54, 1.807) is 0 Å². The Balaban J connectivity index is 1.63. The molecule has 2 aromatic rings. The first-order chi connectivity index (χ1) is 11.9. The average molecular weight is 337 g/mol. The van der Waals surface area contributed by atoms with Crippen LogP contribution in [-0.4, -0.2) is 36.6 Å². The second kappa shape index (κ2) is 7.18. The molecule has 1 saturated heterocycles. The van der Waals surface area contributed by atoms with Crippen LogP contribution in [0.5, 0.6) is 0 Å². The van der Waals surface area contributed by atoms with E-state index in [9.17, 15) is 4.79 Å². The fraction of sp³-hybridized carbons (Fsp3) is 0.381. The molecule has 0 aromatic heterocycles. The molecule has 2 amide bonds. The van der Waals surface area contributed by atoms with Gasteiger partial charge in [0, 0.05) is 37.1 Å². The molecule has 1 heterocycles. The lowest BCUT2D eigenvalue weighted by atomic mass is 10.1. The summed E-state index contributed by atoms with van der Waals surface area (Å²) in [5, 5.41) is 3.04. The summed E-state index contributed by atoms with van der Waals surface area (Å²) in [5.74, 6) is 0. The van der Waals surface area contributed by atoms with Gasteiger partial charge in [0.05, 0.1) is 0 Å². The predicted octanol–water partition coefficient (Wildman–Crippen LogP) is 4.35. The van der Waals surface area contributed by atoms with Gasteiger partial charge in [-0.25, -0.2) is 4.79 Å². The van der Waals surface area contributed by atoms with Crippen LogP contribution in [0.15, 0.2) is 42.5 Å². The SMILES string of the molecule is Cc1ccc(N2CCN(C(=O)Nc3cc(C)cc(C)c3)CC2C)cc1. The zero-order valence-corrected chi connectivity index (χ0v) is 15.5. The number of aryl methyl sites for hydroxylation is 3. The average Bonchev–Trinajstić information content (AvgIpc) is 2.55. The highest BCUT2D eigenvalue weighted by Crippen LogP contribution is 2.22. The number of hydrogen-bond donors (Lipinski definition) is 1. The summed E-state index contributed by atoms with van der Waals surface area (Å²) in [7, 11) is 0. The quantitative estimate of drug-likeness (QED) is 0.884. The maximum atomic E-state index is 12.6. The molecule has 4 heteroatoms. The van der Waals surface area contributed by atoms with E-state index in [0.717, 1.165) is 36.4 Å². The number of carbonyl (C=O) groups excluding carboxylic acids is 1. The standard InChI is InChI=1S/C21H27N3O/c1-15-5-7-20(8-6-15)24-10-9-23(14-18(24)4)21(25)22-19-12-16(2)11-17(3)13-19/h5-8,11-13,18H,9-10,14H2,1-4H3,(H,22,25). The van der Waals surface area contributed by atoms with Crippen molar-refractivity contribution >= 4 is 17.4 Å². The van der Waals surface area contributed by atoms with Gasteiger partial charge in [0.1, 0.15) is 0 Å². The number of piperazine rings is 1. The highest BCUT2D eigenvalue weighted by atomic mass is 16.2. The Morgan fingerprint density at radius 1 is 0.960 bits per heavy atom. The van der Waals surface area contributed by atoms with Crippen LogP contribution in [-0.2, 0) is 0 Å². The van der Waals surface area contributed by atoms with Gasteiger partial charge in [-0.2, -0.15) is 0 Å². The summed E-state index contributed by atoms with van der Waals surface area (Å²) in [6.07, 6.45) is 0. The van der Waals surface area contributed by atoms with Crippen molar-refractivity contribution in [2.75, 3.05) is 29.9 Å². The third-order valence-electron chi connectivity index (χ3n) is 4.75. The van der Waals surface area contributed by atoms with Gasteiger partial charge in [-0.3, -0.25) is 0 Å². The van der Waals surface area contributed by atoms with Crippen LogP contribution < -0.4 is 10.2 Å². The Labute approximate surface area is 150 Å². The van der Waals surface area contributed by atoms with Crippen LogP contribution in [0.3, 0.4) is 0 Å². The van der Waals surface area contributed by atoms with Crippen LogP contribution in [0, 0.1) is 20.8 Å². The monoisotopic (exact) mass is 337 g/mol. The molecule has 132 valence electrons. The zero-order valence-electron chi connectivity index (χ0n) is 15.5. The molecular formula is C21H27N3O. The fourth-order valence-corrected chi connectivity index (χ4v) is 3.51. The van der Waals surface area contributed by atoms with Crippen LogP contribution >= 0.6 is 0 Å². The summed E-state index contributed by atoms with van der Waals surface area (Å²) in [6, 6.07) is 15.0. The Morgan fingerprint density at radius 2 is 1.60 bits per heavy atom. The molecule has 1 aliphatic heterocycles. The minimum Gasteiger partial charge on any atom is -0.365 e. The van der Waals surface area contributed by atoms with Crippen molar-refractivity contribution < 1.29 is 4.79 Å². The van der Waals surface area contributed by atoms with E-state index in [-0.39, 0.29) is 6.03 Å². The minimum atomic E-state index is -0.0135. The first kappa shape index (κ1) is 17.3. The van der Waals surface area contributed by atoms with E-state index >= 15 is 0 Å². The molecule has 2 aromatic carbocycles. The summed E-state index contributed by atoms with van der Waals surface area (Å²) >= 11 is 0. The van der Waals surface area contributed by atoms with E-state index in [1.165, 1.54) is 11.3 Å². The lowest BCUT2D eigenvalue weighted by molar-refractivity contribution is 0.200. The van der Waals surface area contributed by atoms with Crippen molar-refractivity contribution in [3.8, 4) is 0 Å². The summed E-state index contributed by atoms with van der Waals surface area (Å²) in [4.78, 5) is 16.9. The van der Waals surface area contributed by atoms with Gasteiger partial charge in [-0.05, 0) is 63.1 Å². The van der Waals surface area contributed by atoms with Crippen molar-refractivity contribution in [3.63, 3.8) is 0 Å². The van der Waals surface area contributed by atoms with Crippen LogP contribution in [0.2, 0.25) is 0 Å². The second-order valence-electron chi connectivity index (χ2n) is 7.13. The number of carbonyl (C=O) groups is 1. The van der Waals surface area contributed by atoms with Crippen molar-refractivity contribution in [1.82, 2.24) is 4.90 Å². The van der Waals surface area contributed by atoms with Gasteiger partial charge in [0.2, 0.25) is 0 Å². The van der Waals surface area contributed by atoms with Gasteiger partial charge in [-0.1, -0.05) is 23.8 Å². The smallest absolute Gasteiger partial charge is 0.321 e. The van der Waals surface area contributed by atoms with Crippen molar-refractivity contribution in [2.24, 2.45) is 0 Å². The van der Waals surface area contributed by atoms with E-state index in [4.69, 9.17) is 0 Å². The van der Waals surface area contributed by atoms with Gasteiger partial charge in [0.25, 0.3) is 0 Å². The molecule has 4 nitrogen and oxygen atoms in total. The third kappa shape index (κ3) is 4.13. The minimum absolute atomic E-state index is 0.0135. The molecule has 1 fully saturated rings. The van der Waals surface area contributed by atoms with Gasteiger partial charge < -0.3 is 15.1 Å². The largest absolute Gasteiger partial charge is 0.365 e. The molecule has 25 heavy (non-hydrogen) atoms. The fourth-order valence-electron chi connectivity index (χ4n) is 3.51. The molecule has 1 N–H and O–H groups in total. The Kier molecular flexibility index (Phi) is 4.98. The van der Waals surface area contributed by atoms with Gasteiger partial charge in [0.15, 0.2) is 0 Å². The van der Waals surface area contributed by atoms with E-state index in [2.05, 4.69) is 54.4 Å². The van der Waals surface area contributed by atoms with Crippen molar-refractivity contribution in [2.45, 2.75) is 33.7 Å². The van der Waals surface area contributed by atoms with Crippen molar-refractivity contribution in [1.29, 1.82) is 0 Å². The number of nitrogens with zero attached hydrogens (tertiary/aromatic N) is 2. The van der Waals surface area contributed by atoms with E-state index < -0.39 is 0 Å². The third-order valence-corrected chi connectivity index (χ3v) is 4.75. The molecule has 0 bridgehead atoms. The van der Waals surface area contributed by atoms with Gasteiger partial charge in [-0.15, -0.1) is 0 Å². The molecule has 0 aliphatic carbocycles. The number of nitrogens with one attached hydrogen (secondary N) is 1. The highest BCUT2D eigenvalue weighted by Gasteiger charge is 2.26. The number of benzene rings is 2. The molecule has 1 aliphatic rings. The lowest BCUT2D eigenvalue weighted by Gasteiger charge is -2.41. The van der Waals surface area contributed by atoms with Gasteiger partial charge >= 0.3 is 6.03 Å². The van der Waals surface area contributed by atoms with E-state index in [0.29, 0.717) is 6.04 Å². The Bertz CT molecular complexity index is 734. The topological polar surface area (TPSA) is 35.6 Å². The molecule has 0 radical (unpaired) electrons. The van der Waals surface area contributed by atoms with Crippen molar-refractivity contribution in [3.05, 3.63) is 59.2 Å². The molecule has 0 spiro atoms. The number of rotatable bonds is 2. The maximum absolute atomic E-state index is 12.6. The van der Waals surface area contributed by atoms with Crippen LogP contribution in [0.4, 0.5) is 16.2 Å². The van der Waals surface area contributed by atoms with E-state index in [1.807, 2.05) is 30.9 Å². The first-order valence-electron chi connectivity index (χ1n) is 8.90. The Morgan fingerprint density at radius 3 is 2.20 bits per heavy atom. The summed E-state index contributed by atoms with van der Waals surface area (Å²) in [5.41, 5.74) is 5.69. The second-order valence-corrected chi connectivity index (χ2v) is 7.13. The normalized spacial score (nSPS) is 17.5. The number of anilines is 2. The predicted molar refractivity (Wildman–Crippen MR) is 104 cm³/mol. The molecule has 1 atom stereocenters. The molecule has 0 saturated carbocycles. The summed E-state index contributed by atoms with van der Waals surface area (Å²) in [6.45, 7) is 10.7. The highest BCUT2D eigenvalue weighted by molar-refractivity contribution is 5.89. The molecular weight excluding hydrogens is 310 g/mol. The molecule has 1 unspecified atom stereocenters. The maximum Gasteiger partial charge on any atom is 0.321 e. The summed E-state index contributed by atoms with van der Waals surface area (Å²) < 4.78 is 0. The number of urea groups is 1. The number of hydrogen-bond acceptors (Lipinski definition) is 2. The molecule has 3 rings (SSSR count). The lowest BCUT2D eigenvalue weighted by Crippen LogP contribution is -2.54. The first-order valence-corrected chi connectivity index (χ1v) is 8.90. The van der Waals surface area contributed by atoms with Crippen LogP contribution in [0.25, 0.3) is 0 Å². The number of amides is 2.